The predicted molar refractivity (Wildman–Crippen MR) is 259 cm³/mol. The number of aromatic nitrogens is 3. The summed E-state index contributed by atoms with van der Waals surface area (Å²) < 4.78 is 42.7. The molecule has 17 atom stereocenters. The van der Waals surface area contributed by atoms with Crippen LogP contribution in [0.4, 0.5) is 5.69 Å². The summed E-state index contributed by atoms with van der Waals surface area (Å²) in [6.45, 7) is 9.28. The van der Waals surface area contributed by atoms with Crippen molar-refractivity contribution in [2.24, 2.45) is 23.7 Å². The van der Waals surface area contributed by atoms with E-state index in [2.05, 4.69) is 10.3 Å². The smallest absolute Gasteiger partial charge is 0.309 e. The molecule has 4 heterocycles. The minimum atomic E-state index is -1.44. The molecule has 2 aromatic rings. The lowest BCUT2D eigenvalue weighted by Crippen LogP contribution is -2.64. The fourth-order valence-corrected chi connectivity index (χ4v) is 9.91. The highest BCUT2D eigenvalue weighted by atomic mass is 127. The van der Waals surface area contributed by atoms with E-state index in [1.807, 2.05) is 22.6 Å². The summed E-state index contributed by atoms with van der Waals surface area (Å²) in [6.07, 6.45) is -3.39. The van der Waals surface area contributed by atoms with Gasteiger partial charge < -0.3 is 58.4 Å². The second-order valence-electron chi connectivity index (χ2n) is 18.7. The fraction of sp³-hybridized carbons (Fsp3) is 0.688. The van der Waals surface area contributed by atoms with E-state index in [9.17, 15) is 44.9 Å². The van der Waals surface area contributed by atoms with Gasteiger partial charge in [0.25, 0.3) is 5.69 Å². The fourth-order valence-electron chi connectivity index (χ4n) is 9.21. The van der Waals surface area contributed by atoms with Crippen molar-refractivity contribution < 1.29 is 72.9 Å². The number of carbonyl (C=O) groups is 3. The molecular formula is C48H70IN5O16. The van der Waals surface area contributed by atoms with Crippen molar-refractivity contribution in [3.8, 4) is 0 Å². The summed E-state index contributed by atoms with van der Waals surface area (Å²) >= 11 is 1.97. The Morgan fingerprint density at radius 2 is 1.61 bits per heavy atom. The average Bonchev–Trinajstić information content (AvgIpc) is 3.79. The number of aryl methyl sites for hydroxylation is 2. The number of non-ortho nitro benzene ring substituents is 1. The maximum atomic E-state index is 13.7. The minimum Gasteiger partial charge on any atom is -0.451 e. The second-order valence-corrected chi connectivity index (χ2v) is 19.9. The van der Waals surface area contributed by atoms with Crippen LogP contribution < -0.4 is 0 Å². The van der Waals surface area contributed by atoms with Crippen LogP contribution in [0.1, 0.15) is 65.1 Å². The number of rotatable bonds is 17. The number of nitro benzene ring substituents is 1. The van der Waals surface area contributed by atoms with Crippen LogP contribution >= 0.6 is 22.6 Å². The molecule has 390 valence electrons. The van der Waals surface area contributed by atoms with E-state index in [-0.39, 0.29) is 30.9 Å². The molecule has 2 fully saturated rings. The number of likely N-dealkylation sites (N-methyl/N-ethyl adjacent to an activating group) is 1. The lowest BCUT2D eigenvalue weighted by Gasteiger charge is -2.47. The van der Waals surface area contributed by atoms with Gasteiger partial charge in [-0.25, -0.2) is 0 Å². The Morgan fingerprint density at radius 1 is 0.943 bits per heavy atom. The monoisotopic (exact) mass is 1100 g/mol. The number of cyclic esters (lactones) is 1. The van der Waals surface area contributed by atoms with Crippen molar-refractivity contribution in [1.29, 1.82) is 0 Å². The van der Waals surface area contributed by atoms with Crippen molar-refractivity contribution in [3.05, 3.63) is 75.6 Å². The number of hydrogen-bond acceptors (Lipinski definition) is 19. The summed E-state index contributed by atoms with van der Waals surface area (Å²) in [5, 5.41) is 65.2. The molecule has 1 aromatic heterocycles. The van der Waals surface area contributed by atoms with Gasteiger partial charge in [0.15, 0.2) is 22.5 Å². The van der Waals surface area contributed by atoms with Crippen LogP contribution in [0.15, 0.2) is 54.3 Å². The Hall–Kier alpha value is -3.66. The van der Waals surface area contributed by atoms with E-state index < -0.39 is 119 Å². The number of methoxy groups -OCH3 is 2. The van der Waals surface area contributed by atoms with Gasteiger partial charge in [-0.15, -0.1) is 5.10 Å². The van der Waals surface area contributed by atoms with Crippen LogP contribution in [0.25, 0.3) is 0 Å². The van der Waals surface area contributed by atoms with Gasteiger partial charge in [-0.3, -0.25) is 29.3 Å². The molecule has 1 aromatic carbocycles. The van der Waals surface area contributed by atoms with Crippen molar-refractivity contribution in [1.82, 2.24) is 19.9 Å². The molecule has 0 spiro atoms. The number of aliphatic hydroxyl groups excluding tert-OH is 4. The highest BCUT2D eigenvalue weighted by Crippen LogP contribution is 2.35. The van der Waals surface area contributed by atoms with E-state index in [0.717, 1.165) is 5.56 Å². The number of nitro groups is 1. The lowest BCUT2D eigenvalue weighted by molar-refractivity contribution is -0.384. The number of hydrogen-bond donors (Lipinski definition) is 4. The lowest BCUT2D eigenvalue weighted by atomic mass is 9.79. The number of allylic oxidation sites excluding steroid dienone is 3. The minimum absolute atomic E-state index is 0.0129. The highest BCUT2D eigenvalue weighted by Gasteiger charge is 2.48. The molecule has 0 bridgehead atoms. The molecule has 0 amide bonds. The van der Waals surface area contributed by atoms with Crippen LogP contribution in [0.2, 0.25) is 0 Å². The third-order valence-electron chi connectivity index (χ3n) is 13.5. The average molecular weight is 1100 g/mol. The molecule has 10 unspecified atom stereocenters. The van der Waals surface area contributed by atoms with Crippen molar-refractivity contribution in [2.75, 3.05) is 34.4 Å². The second kappa shape index (κ2) is 26.9. The van der Waals surface area contributed by atoms with Crippen molar-refractivity contribution in [2.45, 2.75) is 151 Å². The standard InChI is InChI=1S/C48H70IN5O16/c1-26-9-14-36(56)27(2)22-32(17-20-55)43(28(3)37(57)23-38(58)69-46(49)33(21-26)25-66-48-45(65-8)44(64-7)41(60)30(5)68-48)70-47-42(61)39(40(59)29(4)67-47)52(6)18-16-34-24-53(51-50-34)19-15-31-10-12-35(13-11-31)54(62)63/h9-14,20-21,24,27-30,32-33,37,39-48,57,59-61H,15-19,22-23,25H2,1-8H3/b14-9+,26-21+/t27-,28+,29?,30?,32+,33-,37-,39?,40?,41?,42?,43-,44?,45?,46+,47?,48?/m1/s1. The normalized spacial score (nSPS) is 36.3. The van der Waals surface area contributed by atoms with E-state index >= 15 is 0 Å². The Bertz CT molecular complexity index is 2080. The van der Waals surface area contributed by atoms with E-state index in [1.165, 1.54) is 32.4 Å². The molecule has 3 aliphatic rings. The summed E-state index contributed by atoms with van der Waals surface area (Å²) in [4.78, 5) is 52.0. The number of halogens is 1. The maximum absolute atomic E-state index is 13.7. The molecule has 22 heteroatoms. The van der Waals surface area contributed by atoms with Crippen LogP contribution in [-0.2, 0) is 66.9 Å². The topological polar surface area (TPSA) is 274 Å². The van der Waals surface area contributed by atoms with Crippen LogP contribution in [0.5, 0.6) is 0 Å². The van der Waals surface area contributed by atoms with Gasteiger partial charge in [0.05, 0.1) is 60.2 Å². The Labute approximate surface area is 422 Å². The molecule has 5 rings (SSSR count). The number of ketones is 1. The van der Waals surface area contributed by atoms with Gasteiger partial charge in [0.2, 0.25) is 0 Å². The van der Waals surface area contributed by atoms with Crippen LogP contribution in [0, 0.1) is 33.8 Å². The van der Waals surface area contributed by atoms with Gasteiger partial charge in [0, 0.05) is 76.2 Å². The first-order chi connectivity index (χ1) is 33.3. The third-order valence-corrected chi connectivity index (χ3v) is 14.7. The number of nitrogens with zero attached hydrogens (tertiary/aromatic N) is 5. The zero-order valence-corrected chi connectivity index (χ0v) is 43.1. The molecule has 0 radical (unpaired) electrons. The van der Waals surface area contributed by atoms with Gasteiger partial charge in [-0.1, -0.05) is 48.9 Å². The first-order valence-corrected chi connectivity index (χ1v) is 24.9. The Kier molecular flexibility index (Phi) is 22.0. The Balaban J connectivity index is 1.30. The first-order valence-electron chi connectivity index (χ1n) is 23.6. The molecule has 3 aliphatic heterocycles. The van der Waals surface area contributed by atoms with E-state index in [4.69, 9.17) is 33.2 Å². The van der Waals surface area contributed by atoms with Gasteiger partial charge >= 0.3 is 5.97 Å². The molecule has 0 aliphatic carbocycles. The third kappa shape index (κ3) is 15.2. The van der Waals surface area contributed by atoms with Gasteiger partial charge in [-0.2, -0.15) is 0 Å². The number of aldehydes is 1. The molecule has 2 saturated heterocycles. The summed E-state index contributed by atoms with van der Waals surface area (Å²) in [5.74, 6) is -3.76. The maximum Gasteiger partial charge on any atom is 0.309 e. The molecular weight excluding hydrogens is 1030 g/mol. The van der Waals surface area contributed by atoms with Gasteiger partial charge in [-0.05, 0) is 80.8 Å². The molecule has 4 N–H and O–H groups in total. The molecule has 21 nitrogen and oxygen atoms in total. The number of ether oxygens (including phenoxy) is 7. The predicted octanol–water partition coefficient (Wildman–Crippen LogP) is 2.90. The summed E-state index contributed by atoms with van der Waals surface area (Å²) in [7, 11) is 4.64. The quantitative estimate of drug-likeness (QED) is 0.0443. The highest BCUT2D eigenvalue weighted by molar-refractivity contribution is 14.1. The van der Waals surface area contributed by atoms with E-state index in [0.29, 0.717) is 43.5 Å². The number of alkyl halides is 1. The van der Waals surface area contributed by atoms with Crippen LogP contribution in [0.3, 0.4) is 0 Å². The largest absolute Gasteiger partial charge is 0.451 e. The zero-order chi connectivity index (χ0) is 51.4. The summed E-state index contributed by atoms with van der Waals surface area (Å²) in [6, 6.07) is 5.41. The molecule has 70 heavy (non-hydrogen) atoms. The number of aliphatic hydroxyl groups is 4. The number of carbonyl (C=O) groups excluding carboxylic acids is 3. The van der Waals surface area contributed by atoms with E-state index in [1.54, 1.807) is 81.7 Å². The number of benzene rings is 1. The SMILES string of the molecule is COC1C(OC[C@H]2/C=C(C)/C=C/C(=O)[C@H](C)C[C@H](CC=O)[C@H](OC3OC(C)C(O)C(N(C)CCc4cn(CCc5ccc([N+](=O)[O-])cc5)nn4)C3O)[C@@H](C)[C@H](O)CC(=O)O[C@@H]2I)OC(C)C(O)C1OC. The number of esters is 1. The summed E-state index contributed by atoms with van der Waals surface area (Å²) in [5.41, 5.74) is 2.23. The van der Waals surface area contributed by atoms with Gasteiger partial charge in [0.1, 0.15) is 30.7 Å². The Morgan fingerprint density at radius 3 is 2.27 bits per heavy atom. The van der Waals surface area contributed by atoms with Crippen molar-refractivity contribution >= 4 is 46.3 Å². The zero-order valence-electron chi connectivity index (χ0n) is 41.0. The van der Waals surface area contributed by atoms with Crippen LogP contribution in [-0.4, -0.2) is 175 Å². The first kappa shape index (κ1) is 57.2. The van der Waals surface area contributed by atoms with Crippen molar-refractivity contribution in [3.63, 3.8) is 0 Å². The molecule has 0 saturated carbocycles.